The summed E-state index contributed by atoms with van der Waals surface area (Å²) in [6.07, 6.45) is -2.82. The van der Waals surface area contributed by atoms with Gasteiger partial charge >= 0.3 is 17.8 Å². The Hall–Kier alpha value is -2.69. The standard InChI is InChI=1S/C17H16ClF4N3O4/c1-3-4-5-6-13(26)29-12-8-10(19)9(7-11(12)25(27)28)15-14(18)16(17(20,21)22)24(2)23-15/h7-8H,3-6H2,1-2H3. The molecule has 158 valence electrons. The van der Waals surface area contributed by atoms with Crippen LogP contribution in [0.2, 0.25) is 5.02 Å². The molecule has 0 N–H and O–H groups in total. The van der Waals surface area contributed by atoms with Crippen LogP contribution in [0.5, 0.6) is 5.75 Å². The molecule has 29 heavy (non-hydrogen) atoms. The highest BCUT2D eigenvalue weighted by atomic mass is 35.5. The largest absolute Gasteiger partial charge is 0.434 e. The number of carbonyl (C=O) groups is 1. The van der Waals surface area contributed by atoms with Crippen molar-refractivity contribution in [1.29, 1.82) is 0 Å². The van der Waals surface area contributed by atoms with Gasteiger partial charge in [0, 0.05) is 31.2 Å². The molecule has 0 aliphatic carbocycles. The van der Waals surface area contributed by atoms with Gasteiger partial charge in [-0.2, -0.15) is 18.3 Å². The van der Waals surface area contributed by atoms with Crippen molar-refractivity contribution < 1.29 is 32.0 Å². The summed E-state index contributed by atoms with van der Waals surface area (Å²) in [6, 6.07) is 1.20. The van der Waals surface area contributed by atoms with Crippen molar-refractivity contribution in [3.63, 3.8) is 0 Å². The van der Waals surface area contributed by atoms with Crippen LogP contribution < -0.4 is 4.74 Å². The van der Waals surface area contributed by atoms with Crippen molar-refractivity contribution in [2.45, 2.75) is 38.8 Å². The minimum atomic E-state index is -4.87. The van der Waals surface area contributed by atoms with Gasteiger partial charge < -0.3 is 4.74 Å². The number of halogens is 5. The quantitative estimate of drug-likeness (QED) is 0.147. The lowest BCUT2D eigenvalue weighted by atomic mass is 10.1. The smallest absolute Gasteiger partial charge is 0.419 e. The van der Waals surface area contributed by atoms with E-state index in [1.807, 2.05) is 6.92 Å². The molecule has 2 rings (SSSR count). The zero-order chi connectivity index (χ0) is 21.9. The number of rotatable bonds is 7. The molecule has 0 amide bonds. The van der Waals surface area contributed by atoms with Crippen LogP contribution in [0.4, 0.5) is 23.2 Å². The third-order valence-electron chi connectivity index (χ3n) is 3.97. The summed E-state index contributed by atoms with van der Waals surface area (Å²) in [6.45, 7) is 1.91. The van der Waals surface area contributed by atoms with E-state index in [0.29, 0.717) is 23.2 Å². The van der Waals surface area contributed by atoms with Gasteiger partial charge in [-0.1, -0.05) is 31.4 Å². The maximum Gasteiger partial charge on any atom is 0.434 e. The summed E-state index contributed by atoms with van der Waals surface area (Å²) >= 11 is 5.72. The Morgan fingerprint density at radius 2 is 2.00 bits per heavy atom. The minimum Gasteiger partial charge on any atom is -0.419 e. The van der Waals surface area contributed by atoms with E-state index in [4.69, 9.17) is 16.3 Å². The SMILES string of the molecule is CCCCCC(=O)Oc1cc(F)c(-c2nn(C)c(C(F)(F)F)c2Cl)cc1[N+](=O)[O-]. The van der Waals surface area contributed by atoms with Crippen LogP contribution in [0.25, 0.3) is 11.3 Å². The molecule has 0 saturated heterocycles. The molecule has 0 fully saturated rings. The molecular weight excluding hydrogens is 422 g/mol. The van der Waals surface area contributed by atoms with Crippen LogP contribution in [-0.2, 0) is 18.0 Å². The van der Waals surface area contributed by atoms with Crippen molar-refractivity contribution in [3.8, 4) is 17.0 Å². The lowest BCUT2D eigenvalue weighted by molar-refractivity contribution is -0.385. The number of esters is 1. The zero-order valence-electron chi connectivity index (χ0n) is 15.3. The zero-order valence-corrected chi connectivity index (χ0v) is 16.1. The molecule has 1 aromatic carbocycles. The second-order valence-corrected chi connectivity index (χ2v) is 6.50. The Labute approximate surface area is 167 Å². The Bertz CT molecular complexity index is 944. The van der Waals surface area contributed by atoms with Gasteiger partial charge in [0.1, 0.15) is 11.5 Å². The van der Waals surface area contributed by atoms with Crippen LogP contribution in [0.1, 0.15) is 38.3 Å². The van der Waals surface area contributed by atoms with Gasteiger partial charge in [0.2, 0.25) is 5.75 Å². The van der Waals surface area contributed by atoms with Crippen LogP contribution in [0.15, 0.2) is 12.1 Å². The van der Waals surface area contributed by atoms with Gasteiger partial charge in [-0.25, -0.2) is 4.39 Å². The fourth-order valence-electron chi connectivity index (χ4n) is 2.62. The molecule has 2 aromatic rings. The topological polar surface area (TPSA) is 87.3 Å². The molecule has 0 spiro atoms. The fourth-order valence-corrected chi connectivity index (χ4v) is 2.99. The van der Waals surface area contributed by atoms with E-state index in [1.165, 1.54) is 0 Å². The molecule has 12 heteroatoms. The summed E-state index contributed by atoms with van der Waals surface area (Å²) in [5, 5.41) is 14.0. The number of alkyl halides is 3. The number of benzene rings is 1. The Morgan fingerprint density at radius 3 is 2.52 bits per heavy atom. The summed E-state index contributed by atoms with van der Waals surface area (Å²) in [4.78, 5) is 22.2. The van der Waals surface area contributed by atoms with E-state index >= 15 is 0 Å². The fraction of sp³-hybridized carbons (Fsp3) is 0.412. The van der Waals surface area contributed by atoms with E-state index in [2.05, 4.69) is 5.10 Å². The van der Waals surface area contributed by atoms with Gasteiger partial charge in [0.05, 0.1) is 9.95 Å². The van der Waals surface area contributed by atoms with Gasteiger partial charge in [-0.3, -0.25) is 19.6 Å². The second-order valence-electron chi connectivity index (χ2n) is 6.12. The van der Waals surface area contributed by atoms with Crippen LogP contribution in [0.3, 0.4) is 0 Å². The summed E-state index contributed by atoms with van der Waals surface area (Å²) in [7, 11) is 0.955. The van der Waals surface area contributed by atoms with Crippen molar-refractivity contribution in [2.75, 3.05) is 0 Å². The van der Waals surface area contributed by atoms with Crippen molar-refractivity contribution in [3.05, 3.63) is 38.8 Å². The Balaban J connectivity index is 2.48. The molecule has 0 aliphatic heterocycles. The van der Waals surface area contributed by atoms with Gasteiger partial charge in [0.15, 0.2) is 5.69 Å². The van der Waals surface area contributed by atoms with E-state index in [0.717, 1.165) is 19.9 Å². The number of unbranched alkanes of at least 4 members (excludes halogenated alkanes) is 2. The highest BCUT2D eigenvalue weighted by Crippen LogP contribution is 2.42. The molecule has 1 heterocycles. The van der Waals surface area contributed by atoms with Crippen LogP contribution in [-0.4, -0.2) is 20.7 Å². The van der Waals surface area contributed by atoms with Crippen molar-refractivity contribution in [1.82, 2.24) is 9.78 Å². The summed E-state index contributed by atoms with van der Waals surface area (Å²) in [5.74, 6) is -2.62. The molecule has 0 radical (unpaired) electrons. The molecule has 1 aromatic heterocycles. The van der Waals surface area contributed by atoms with Crippen LogP contribution >= 0.6 is 11.6 Å². The number of hydrogen-bond donors (Lipinski definition) is 0. The predicted molar refractivity (Wildman–Crippen MR) is 95.0 cm³/mol. The van der Waals surface area contributed by atoms with E-state index in [1.54, 1.807) is 0 Å². The number of nitro groups is 1. The normalized spacial score (nSPS) is 11.6. The molecule has 0 atom stereocenters. The highest BCUT2D eigenvalue weighted by molar-refractivity contribution is 6.33. The highest BCUT2D eigenvalue weighted by Gasteiger charge is 2.39. The van der Waals surface area contributed by atoms with Crippen molar-refractivity contribution in [2.24, 2.45) is 7.05 Å². The lowest BCUT2D eigenvalue weighted by Gasteiger charge is -2.08. The molecule has 0 bridgehead atoms. The Kier molecular flexibility index (Phi) is 6.83. The van der Waals surface area contributed by atoms with E-state index in [9.17, 15) is 32.5 Å². The third kappa shape index (κ3) is 5.03. The number of hydrogen-bond acceptors (Lipinski definition) is 5. The number of nitro benzene ring substituents is 1. The first-order chi connectivity index (χ1) is 13.5. The minimum absolute atomic E-state index is 0.0185. The maximum absolute atomic E-state index is 14.6. The number of aromatic nitrogens is 2. The molecule has 7 nitrogen and oxygen atoms in total. The molecule has 0 aliphatic rings. The van der Waals surface area contributed by atoms with Gasteiger partial charge in [0.25, 0.3) is 0 Å². The first-order valence-corrected chi connectivity index (χ1v) is 8.83. The van der Waals surface area contributed by atoms with E-state index < -0.39 is 56.3 Å². The average Bonchev–Trinajstić information content (AvgIpc) is 2.89. The molecule has 0 unspecified atom stereocenters. The second kappa shape index (κ2) is 8.76. The summed E-state index contributed by atoms with van der Waals surface area (Å²) in [5.41, 5.74) is -3.38. The third-order valence-corrected chi connectivity index (χ3v) is 4.32. The Morgan fingerprint density at radius 1 is 1.34 bits per heavy atom. The lowest BCUT2D eigenvalue weighted by Crippen LogP contribution is -2.12. The predicted octanol–water partition coefficient (Wildman–Crippen LogP) is 5.29. The first-order valence-electron chi connectivity index (χ1n) is 8.46. The number of carbonyl (C=O) groups excluding carboxylic acids is 1. The maximum atomic E-state index is 14.6. The first kappa shape index (κ1) is 22.6. The number of aryl methyl sites for hydroxylation is 1. The number of ether oxygens (including phenoxy) is 1. The molecular formula is C17H16ClF4N3O4. The monoisotopic (exact) mass is 437 g/mol. The van der Waals surface area contributed by atoms with Gasteiger partial charge in [-0.15, -0.1) is 0 Å². The van der Waals surface area contributed by atoms with Crippen LogP contribution in [0, 0.1) is 15.9 Å². The number of nitrogens with zero attached hydrogens (tertiary/aromatic N) is 3. The van der Waals surface area contributed by atoms with Gasteiger partial charge in [-0.05, 0) is 6.42 Å². The van der Waals surface area contributed by atoms with Crippen molar-refractivity contribution >= 4 is 23.3 Å². The average molecular weight is 438 g/mol. The molecule has 0 saturated carbocycles. The summed E-state index contributed by atoms with van der Waals surface area (Å²) < 4.78 is 59.1. The van der Waals surface area contributed by atoms with E-state index in [-0.39, 0.29) is 6.42 Å².